The zero-order valence-corrected chi connectivity index (χ0v) is 12.6. The number of hydrogen-bond acceptors (Lipinski definition) is 6. The summed E-state index contributed by atoms with van der Waals surface area (Å²) in [5.41, 5.74) is 10.7. The van der Waals surface area contributed by atoms with Gasteiger partial charge in [0.2, 0.25) is 0 Å². The maximum absolute atomic E-state index is 11.8. The second kappa shape index (κ2) is 7.75. The maximum Gasteiger partial charge on any atom is 0.320 e. The van der Waals surface area contributed by atoms with Crippen LogP contribution < -0.4 is 11.5 Å². The second-order valence-electron chi connectivity index (χ2n) is 3.94. The summed E-state index contributed by atoms with van der Waals surface area (Å²) in [5, 5.41) is 19.2. The van der Waals surface area contributed by atoms with E-state index in [2.05, 4.69) is 0 Å². The molecule has 110 valence electrons. The summed E-state index contributed by atoms with van der Waals surface area (Å²) in [5.74, 6) is -1.68. The predicted octanol–water partition coefficient (Wildman–Crippen LogP) is 1.17. The van der Waals surface area contributed by atoms with Crippen molar-refractivity contribution in [3.05, 3.63) is 33.9 Å². The third-order valence-electron chi connectivity index (χ3n) is 2.55. The molecule has 9 heteroatoms. The maximum atomic E-state index is 11.8. The molecule has 0 aromatic heterocycles. The molecular formula is C11H14IN3O5. The van der Waals surface area contributed by atoms with Crippen molar-refractivity contribution in [2.24, 2.45) is 5.73 Å². The van der Waals surface area contributed by atoms with Crippen molar-refractivity contribution >= 4 is 47.1 Å². The first-order valence-corrected chi connectivity index (χ1v) is 5.38. The fourth-order valence-electron chi connectivity index (χ4n) is 1.44. The number of carboxylic acid groups (broad SMARTS) is 1. The molecule has 8 nitrogen and oxygen atoms in total. The minimum Gasteiger partial charge on any atom is -0.480 e. The van der Waals surface area contributed by atoms with E-state index >= 15 is 0 Å². The summed E-state index contributed by atoms with van der Waals surface area (Å²) < 4.78 is 0. The Hall–Kier alpha value is -1.75. The van der Waals surface area contributed by atoms with Gasteiger partial charge in [0.15, 0.2) is 5.78 Å². The van der Waals surface area contributed by atoms with Crippen LogP contribution in [0.2, 0.25) is 0 Å². The van der Waals surface area contributed by atoms with Gasteiger partial charge in [0.05, 0.1) is 4.92 Å². The van der Waals surface area contributed by atoms with E-state index in [0.717, 1.165) is 6.07 Å². The Morgan fingerprint density at radius 3 is 2.50 bits per heavy atom. The Bertz CT molecular complexity index is 535. The molecule has 20 heavy (non-hydrogen) atoms. The fraction of sp³-hybridized carbons (Fsp3) is 0.273. The summed E-state index contributed by atoms with van der Waals surface area (Å²) in [7, 11) is 0. The van der Waals surface area contributed by atoms with Gasteiger partial charge in [0.25, 0.3) is 5.69 Å². The number of nitrogens with zero attached hydrogens (tertiary/aromatic N) is 1. The summed E-state index contributed by atoms with van der Waals surface area (Å²) >= 11 is 0. The van der Waals surface area contributed by atoms with E-state index in [1.54, 1.807) is 0 Å². The minimum absolute atomic E-state index is 0. The van der Waals surface area contributed by atoms with Crippen LogP contribution in [0.3, 0.4) is 0 Å². The van der Waals surface area contributed by atoms with Crippen molar-refractivity contribution in [1.82, 2.24) is 0 Å². The number of anilines is 1. The van der Waals surface area contributed by atoms with Gasteiger partial charge in [-0.15, -0.1) is 24.0 Å². The molecule has 0 bridgehead atoms. The number of nitro benzene ring substituents is 1. The molecule has 5 N–H and O–H groups in total. The number of nitro groups is 1. The number of non-ortho nitro benzene ring substituents is 1. The Morgan fingerprint density at radius 1 is 1.40 bits per heavy atom. The number of nitrogen functional groups attached to an aromatic ring is 1. The highest BCUT2D eigenvalue weighted by Gasteiger charge is 2.18. The molecule has 0 aliphatic rings. The van der Waals surface area contributed by atoms with Crippen LogP contribution in [0.1, 0.15) is 23.2 Å². The number of rotatable bonds is 6. The average molecular weight is 395 g/mol. The van der Waals surface area contributed by atoms with Gasteiger partial charge < -0.3 is 16.6 Å². The molecule has 0 heterocycles. The van der Waals surface area contributed by atoms with Crippen LogP contribution in [0.4, 0.5) is 11.4 Å². The number of carbonyl (C=O) groups excluding carboxylic acids is 1. The van der Waals surface area contributed by atoms with E-state index in [4.69, 9.17) is 16.6 Å². The van der Waals surface area contributed by atoms with Crippen LogP contribution in [-0.4, -0.2) is 27.8 Å². The van der Waals surface area contributed by atoms with E-state index in [1.807, 2.05) is 0 Å². The summed E-state index contributed by atoms with van der Waals surface area (Å²) in [4.78, 5) is 32.3. The number of nitrogens with two attached hydrogens (primary N) is 2. The van der Waals surface area contributed by atoms with E-state index in [0.29, 0.717) is 0 Å². The first-order valence-electron chi connectivity index (χ1n) is 5.38. The van der Waals surface area contributed by atoms with Crippen LogP contribution >= 0.6 is 24.0 Å². The quantitative estimate of drug-likeness (QED) is 0.215. The largest absolute Gasteiger partial charge is 0.480 e. The summed E-state index contributed by atoms with van der Waals surface area (Å²) in [6.07, 6.45) is -0.199. The Labute approximate surface area is 131 Å². The first kappa shape index (κ1) is 18.2. The molecule has 0 aliphatic carbocycles. The van der Waals surface area contributed by atoms with Gasteiger partial charge in [-0.25, -0.2) is 0 Å². The van der Waals surface area contributed by atoms with E-state index in [1.165, 1.54) is 12.1 Å². The molecule has 0 amide bonds. The SMILES string of the molecule is I.Nc1ccc([N+](=O)[O-])cc1C(=O)CC[C@H](N)C(=O)O. The highest BCUT2D eigenvalue weighted by molar-refractivity contribution is 14.0. The van der Waals surface area contributed by atoms with Crippen molar-refractivity contribution in [1.29, 1.82) is 0 Å². The monoisotopic (exact) mass is 395 g/mol. The van der Waals surface area contributed by atoms with Crippen molar-refractivity contribution in [3.8, 4) is 0 Å². The highest BCUT2D eigenvalue weighted by atomic mass is 127. The third-order valence-corrected chi connectivity index (χ3v) is 2.55. The number of hydrogen-bond donors (Lipinski definition) is 3. The zero-order valence-electron chi connectivity index (χ0n) is 10.3. The molecule has 0 saturated carbocycles. The molecule has 1 aromatic carbocycles. The van der Waals surface area contributed by atoms with Gasteiger partial charge in [0, 0.05) is 29.8 Å². The summed E-state index contributed by atoms with van der Waals surface area (Å²) in [6, 6.07) is 2.38. The third kappa shape index (κ3) is 4.74. The number of aliphatic carboxylic acids is 1. The van der Waals surface area contributed by atoms with E-state index < -0.39 is 22.7 Å². The lowest BCUT2D eigenvalue weighted by Gasteiger charge is -2.07. The van der Waals surface area contributed by atoms with Gasteiger partial charge in [0.1, 0.15) is 6.04 Å². The smallest absolute Gasteiger partial charge is 0.320 e. The fourth-order valence-corrected chi connectivity index (χ4v) is 1.44. The summed E-state index contributed by atoms with van der Waals surface area (Å²) in [6.45, 7) is 0. The lowest BCUT2D eigenvalue weighted by atomic mass is 10.0. The van der Waals surface area contributed by atoms with Crippen molar-refractivity contribution < 1.29 is 19.6 Å². The van der Waals surface area contributed by atoms with Crippen LogP contribution in [0.15, 0.2) is 18.2 Å². The first-order chi connectivity index (χ1) is 8.82. The molecule has 1 aromatic rings. The molecule has 1 atom stereocenters. The lowest BCUT2D eigenvalue weighted by molar-refractivity contribution is -0.384. The average Bonchev–Trinajstić information content (AvgIpc) is 2.35. The highest BCUT2D eigenvalue weighted by Crippen LogP contribution is 2.21. The number of carbonyl (C=O) groups is 2. The second-order valence-corrected chi connectivity index (χ2v) is 3.94. The van der Waals surface area contributed by atoms with Gasteiger partial charge in [-0.2, -0.15) is 0 Å². The van der Waals surface area contributed by atoms with Crippen LogP contribution in [0.5, 0.6) is 0 Å². The van der Waals surface area contributed by atoms with Crippen LogP contribution in [0, 0.1) is 10.1 Å². The van der Waals surface area contributed by atoms with E-state index in [9.17, 15) is 19.7 Å². The molecule has 0 aliphatic heterocycles. The molecule has 0 fully saturated rings. The minimum atomic E-state index is -1.21. The van der Waals surface area contributed by atoms with E-state index in [-0.39, 0.29) is 53.8 Å². The van der Waals surface area contributed by atoms with Gasteiger partial charge >= 0.3 is 5.97 Å². The van der Waals surface area contributed by atoms with Gasteiger partial charge in [-0.05, 0) is 12.5 Å². The van der Waals surface area contributed by atoms with Crippen LogP contribution in [0.25, 0.3) is 0 Å². The molecule has 0 radical (unpaired) electrons. The number of Topliss-reactive ketones (excluding diaryl/α,β-unsaturated/α-hetero) is 1. The van der Waals surface area contributed by atoms with Crippen molar-refractivity contribution in [3.63, 3.8) is 0 Å². The topological polar surface area (TPSA) is 150 Å². The predicted molar refractivity (Wildman–Crippen MR) is 82.1 cm³/mol. The Balaban J connectivity index is 0.00000361. The number of benzene rings is 1. The lowest BCUT2D eigenvalue weighted by Crippen LogP contribution is -2.30. The van der Waals surface area contributed by atoms with Crippen LogP contribution in [-0.2, 0) is 4.79 Å². The van der Waals surface area contributed by atoms with Gasteiger partial charge in [-0.3, -0.25) is 19.7 Å². The molecular weight excluding hydrogens is 381 g/mol. The number of carboxylic acids is 1. The molecule has 1 rings (SSSR count). The zero-order chi connectivity index (χ0) is 14.6. The number of halogens is 1. The standard InChI is InChI=1S/C11H13N3O5.HI/c12-8-2-1-6(14(18)19)5-7(8)10(15)4-3-9(13)11(16)17;/h1-2,5,9H,3-4,12-13H2,(H,16,17);1H/t9-;/m0./s1. The number of ketones is 1. The molecule has 0 unspecified atom stereocenters. The Kier molecular flexibility index (Phi) is 7.07. The Morgan fingerprint density at radius 2 is 2.00 bits per heavy atom. The van der Waals surface area contributed by atoms with Crippen molar-refractivity contribution in [2.45, 2.75) is 18.9 Å². The molecule has 0 saturated heterocycles. The molecule has 0 spiro atoms. The normalized spacial score (nSPS) is 11.2. The van der Waals surface area contributed by atoms with Crippen molar-refractivity contribution in [2.75, 3.05) is 5.73 Å². The van der Waals surface area contributed by atoms with Gasteiger partial charge in [-0.1, -0.05) is 0 Å².